The van der Waals surface area contributed by atoms with Gasteiger partial charge in [0.05, 0.1) is 0 Å². The van der Waals surface area contributed by atoms with E-state index in [4.69, 9.17) is 0 Å². The molecule has 0 aliphatic rings. The average molecular weight is 252 g/mol. The molecule has 1 atom stereocenters. The van der Waals surface area contributed by atoms with E-state index in [1.807, 2.05) is 42.5 Å². The number of benzene rings is 1. The summed E-state index contributed by atoms with van der Waals surface area (Å²) in [6.45, 7) is 3.72. The van der Waals surface area contributed by atoms with Gasteiger partial charge in [0.2, 0.25) is 0 Å². The first-order valence-electron chi connectivity index (χ1n) is 6.17. The van der Waals surface area contributed by atoms with Crippen molar-refractivity contribution in [3.63, 3.8) is 0 Å². The van der Waals surface area contributed by atoms with Crippen LogP contribution in [0.2, 0.25) is 0 Å². The summed E-state index contributed by atoms with van der Waals surface area (Å²) in [7, 11) is 0. The van der Waals surface area contributed by atoms with Crippen LogP contribution in [0.4, 0.5) is 0 Å². The van der Waals surface area contributed by atoms with Gasteiger partial charge in [-0.05, 0) is 24.3 Å². The number of pyridine rings is 1. The lowest BCUT2D eigenvalue weighted by molar-refractivity contribution is -0.502. The lowest BCUT2D eigenvalue weighted by Crippen LogP contribution is -2.14. The maximum absolute atomic E-state index is 12.3. The van der Waals surface area contributed by atoms with E-state index in [-0.39, 0.29) is 6.04 Å². The number of rotatable bonds is 5. The molecule has 1 aromatic heterocycles. The van der Waals surface area contributed by atoms with E-state index >= 15 is 0 Å². The predicted octanol–water partition coefficient (Wildman–Crippen LogP) is 3.33. The van der Waals surface area contributed by atoms with E-state index in [0.29, 0.717) is 6.42 Å². The first-order chi connectivity index (χ1) is 9.31. The van der Waals surface area contributed by atoms with E-state index in [9.17, 15) is 5.21 Å². The van der Waals surface area contributed by atoms with Crippen LogP contribution in [0.1, 0.15) is 23.6 Å². The van der Waals surface area contributed by atoms with E-state index in [1.165, 1.54) is 0 Å². The highest BCUT2D eigenvalue weighted by Crippen LogP contribution is 2.20. The zero-order valence-electron chi connectivity index (χ0n) is 10.6. The maximum atomic E-state index is 12.3. The Morgan fingerprint density at radius 3 is 2.47 bits per heavy atom. The second kappa shape index (κ2) is 6.50. The van der Waals surface area contributed by atoms with Crippen molar-refractivity contribution in [1.29, 1.82) is 0 Å². The van der Waals surface area contributed by atoms with Crippen molar-refractivity contribution in [2.45, 2.75) is 12.5 Å². The number of hydroxylamine groups is 1. The summed E-state index contributed by atoms with van der Waals surface area (Å²) >= 11 is 0. The van der Waals surface area contributed by atoms with Gasteiger partial charge >= 0.3 is 0 Å². The van der Waals surface area contributed by atoms with Crippen LogP contribution in [-0.4, -0.2) is 15.9 Å². The summed E-state index contributed by atoms with van der Waals surface area (Å²) in [4.78, 5) is 3.97. The molecule has 0 bridgehead atoms. The van der Waals surface area contributed by atoms with E-state index in [1.54, 1.807) is 24.7 Å². The molecule has 0 radical (unpaired) electrons. The van der Waals surface area contributed by atoms with Crippen molar-refractivity contribution in [2.75, 3.05) is 0 Å². The van der Waals surface area contributed by atoms with Crippen molar-refractivity contribution in [3.8, 4) is 0 Å². The summed E-state index contributed by atoms with van der Waals surface area (Å²) in [6, 6.07) is 13.0. The normalized spacial score (nSPS) is 12.9. The lowest BCUT2D eigenvalue weighted by Gasteiger charge is -2.15. The molecule has 3 heteroatoms. The molecular formula is C16H16N2O. The quantitative estimate of drug-likeness (QED) is 0.269. The van der Waals surface area contributed by atoms with Crippen LogP contribution in [0.5, 0.6) is 0 Å². The summed E-state index contributed by atoms with van der Waals surface area (Å²) in [5.74, 6) is 0. The molecule has 96 valence electrons. The van der Waals surface area contributed by atoms with E-state index in [2.05, 4.69) is 11.6 Å². The van der Waals surface area contributed by atoms with E-state index < -0.39 is 0 Å². The van der Waals surface area contributed by atoms with Gasteiger partial charge in [-0.15, -0.1) is 6.58 Å². The first-order valence-corrected chi connectivity index (χ1v) is 6.17. The summed E-state index contributed by atoms with van der Waals surface area (Å²) in [5.41, 5.74) is 1.83. The van der Waals surface area contributed by atoms with Gasteiger partial charge in [-0.3, -0.25) is 4.98 Å². The lowest BCUT2D eigenvalue weighted by atomic mass is 10.1. The molecule has 0 saturated heterocycles. The van der Waals surface area contributed by atoms with Crippen molar-refractivity contribution < 1.29 is 4.74 Å². The Bertz CT molecular complexity index is 549. The molecule has 2 aromatic rings. The molecule has 0 N–H and O–H groups in total. The molecule has 0 aliphatic carbocycles. The Morgan fingerprint density at radius 2 is 1.84 bits per heavy atom. The molecule has 3 nitrogen and oxygen atoms in total. The van der Waals surface area contributed by atoms with Gasteiger partial charge in [-0.2, -0.15) is 0 Å². The second-order valence-corrected chi connectivity index (χ2v) is 4.22. The molecule has 2 rings (SSSR count). The van der Waals surface area contributed by atoms with Crippen LogP contribution in [0.15, 0.2) is 67.5 Å². The van der Waals surface area contributed by atoms with Gasteiger partial charge in [0, 0.05) is 29.9 Å². The van der Waals surface area contributed by atoms with Crippen molar-refractivity contribution in [3.05, 3.63) is 83.8 Å². The third-order valence-corrected chi connectivity index (χ3v) is 2.86. The summed E-state index contributed by atoms with van der Waals surface area (Å²) < 4.78 is 0.979. The largest absolute Gasteiger partial charge is 0.623 e. The average Bonchev–Trinajstić information content (AvgIpc) is 2.46. The first kappa shape index (κ1) is 13.0. The number of hydrogen-bond donors (Lipinski definition) is 0. The minimum atomic E-state index is -0.263. The Kier molecular flexibility index (Phi) is 4.45. The van der Waals surface area contributed by atoms with Crippen molar-refractivity contribution in [2.24, 2.45) is 0 Å². The zero-order chi connectivity index (χ0) is 13.5. The monoisotopic (exact) mass is 252 g/mol. The van der Waals surface area contributed by atoms with Crippen LogP contribution in [0.3, 0.4) is 0 Å². The minimum Gasteiger partial charge on any atom is -0.623 e. The topological polar surface area (TPSA) is 39.0 Å². The summed E-state index contributed by atoms with van der Waals surface area (Å²) in [5, 5.41) is 12.3. The van der Waals surface area contributed by atoms with Gasteiger partial charge in [0.15, 0.2) is 12.3 Å². The van der Waals surface area contributed by atoms with Gasteiger partial charge < -0.3 is 5.21 Å². The molecule has 0 spiro atoms. The molecule has 1 aromatic carbocycles. The molecule has 0 aliphatic heterocycles. The van der Waals surface area contributed by atoms with Crippen molar-refractivity contribution in [1.82, 2.24) is 4.98 Å². The summed E-state index contributed by atoms with van der Waals surface area (Å²) in [6.07, 6.45) is 7.35. The molecule has 0 saturated carbocycles. The molecular weight excluding hydrogens is 236 g/mol. The Morgan fingerprint density at radius 1 is 1.16 bits per heavy atom. The number of aromatic nitrogens is 1. The fourth-order valence-corrected chi connectivity index (χ4v) is 1.91. The third-order valence-electron chi connectivity index (χ3n) is 2.86. The highest BCUT2D eigenvalue weighted by Gasteiger charge is 2.16. The maximum Gasteiger partial charge on any atom is 0.192 e. The van der Waals surface area contributed by atoms with Gasteiger partial charge in [-0.25, -0.2) is 4.74 Å². The van der Waals surface area contributed by atoms with Gasteiger partial charge in [0.25, 0.3) is 0 Å². The molecule has 1 heterocycles. The fourth-order valence-electron chi connectivity index (χ4n) is 1.91. The zero-order valence-corrected chi connectivity index (χ0v) is 10.6. The second-order valence-electron chi connectivity index (χ2n) is 4.22. The molecule has 0 fully saturated rings. The van der Waals surface area contributed by atoms with Gasteiger partial charge in [-0.1, -0.05) is 24.3 Å². The van der Waals surface area contributed by atoms with Crippen LogP contribution in [-0.2, 0) is 0 Å². The standard InChI is InChI=1S/C16H16N2O/c1-2-6-16(15-9-11-17-12-10-15)18(19)13-14-7-4-3-5-8-14/h2-5,7-13,16H,1,6H2/t16-/m0/s1. The molecule has 0 unspecified atom stereocenters. The van der Waals surface area contributed by atoms with E-state index in [0.717, 1.165) is 15.9 Å². The van der Waals surface area contributed by atoms with Crippen LogP contribution < -0.4 is 0 Å². The number of hydrogen-bond acceptors (Lipinski definition) is 2. The van der Waals surface area contributed by atoms with Crippen LogP contribution in [0.25, 0.3) is 0 Å². The Balaban J connectivity index is 2.29. The Hall–Kier alpha value is -2.42. The smallest absolute Gasteiger partial charge is 0.192 e. The van der Waals surface area contributed by atoms with Crippen LogP contribution in [0, 0.1) is 5.21 Å². The van der Waals surface area contributed by atoms with Gasteiger partial charge in [0.1, 0.15) is 0 Å². The highest BCUT2D eigenvalue weighted by atomic mass is 16.5. The fraction of sp³-hybridized carbons (Fsp3) is 0.125. The highest BCUT2D eigenvalue weighted by molar-refractivity contribution is 5.75. The van der Waals surface area contributed by atoms with Crippen LogP contribution >= 0.6 is 0 Å². The minimum absolute atomic E-state index is 0.263. The molecule has 0 amide bonds. The third kappa shape index (κ3) is 3.52. The number of nitrogens with zero attached hydrogens (tertiary/aromatic N) is 2. The predicted molar refractivity (Wildman–Crippen MR) is 77.0 cm³/mol. The SMILES string of the molecule is C=CC[C@@H](c1ccncc1)[N+]([O-])=Cc1ccccc1. The molecule has 19 heavy (non-hydrogen) atoms. The van der Waals surface area contributed by atoms with Crippen molar-refractivity contribution >= 4 is 6.21 Å². The Labute approximate surface area is 113 Å².